The molecule has 1 saturated heterocycles. The van der Waals surface area contributed by atoms with Crippen molar-refractivity contribution >= 4 is 17.6 Å². The molecule has 1 amide bonds. The average Bonchev–Trinajstić information content (AvgIpc) is 3.42. The minimum atomic E-state index is -0.331. The minimum absolute atomic E-state index is 0.132. The van der Waals surface area contributed by atoms with Crippen molar-refractivity contribution in [2.45, 2.75) is 25.7 Å². The molecule has 0 atom stereocenters. The van der Waals surface area contributed by atoms with Crippen LogP contribution in [0.1, 0.15) is 25.0 Å². The van der Waals surface area contributed by atoms with Crippen molar-refractivity contribution in [3.05, 3.63) is 66.4 Å². The molecule has 4 rings (SSSR count). The summed E-state index contributed by atoms with van der Waals surface area (Å²) in [5, 5.41) is 0. The maximum Gasteiger partial charge on any atom is 0.311 e. The van der Waals surface area contributed by atoms with Crippen molar-refractivity contribution in [2.75, 3.05) is 18.6 Å². The van der Waals surface area contributed by atoms with Gasteiger partial charge in [-0.15, -0.1) is 0 Å². The summed E-state index contributed by atoms with van der Waals surface area (Å²) in [7, 11) is 1.63. The number of benzene rings is 2. The molecule has 0 spiro atoms. The Morgan fingerprint density at radius 2 is 1.73 bits per heavy atom. The number of esters is 1. The zero-order chi connectivity index (χ0) is 20.9. The van der Waals surface area contributed by atoms with Gasteiger partial charge >= 0.3 is 5.97 Å². The number of amides is 1. The van der Waals surface area contributed by atoms with Gasteiger partial charge in [0.15, 0.2) is 0 Å². The predicted octanol–water partition coefficient (Wildman–Crippen LogP) is 4.62. The van der Waals surface area contributed by atoms with Crippen LogP contribution in [0.15, 0.2) is 65.1 Å². The van der Waals surface area contributed by atoms with Crippen molar-refractivity contribution in [1.29, 1.82) is 0 Å². The van der Waals surface area contributed by atoms with E-state index in [4.69, 9.17) is 13.9 Å². The summed E-state index contributed by atoms with van der Waals surface area (Å²) in [4.78, 5) is 25.7. The molecule has 0 aliphatic carbocycles. The van der Waals surface area contributed by atoms with E-state index in [1.165, 1.54) is 0 Å². The first-order valence-corrected chi connectivity index (χ1v) is 9.96. The fraction of sp³-hybridized carbons (Fsp3) is 0.250. The molecule has 2 aromatic carbocycles. The van der Waals surface area contributed by atoms with Crippen LogP contribution in [0.2, 0.25) is 0 Å². The molecule has 0 N–H and O–H groups in total. The van der Waals surface area contributed by atoms with Crippen LogP contribution in [-0.2, 0) is 16.0 Å². The van der Waals surface area contributed by atoms with Crippen LogP contribution in [0.25, 0.3) is 11.3 Å². The second-order valence-corrected chi connectivity index (χ2v) is 7.11. The lowest BCUT2D eigenvalue weighted by atomic mass is 10.2. The van der Waals surface area contributed by atoms with Gasteiger partial charge in [-0.25, -0.2) is 0 Å². The third kappa shape index (κ3) is 4.54. The van der Waals surface area contributed by atoms with E-state index < -0.39 is 0 Å². The topological polar surface area (TPSA) is 69.0 Å². The molecule has 1 aliphatic rings. The van der Waals surface area contributed by atoms with Gasteiger partial charge in [-0.2, -0.15) is 0 Å². The Hall–Kier alpha value is -3.54. The molecule has 1 fully saturated rings. The summed E-state index contributed by atoms with van der Waals surface area (Å²) in [6.45, 7) is 0.736. The number of hydrogen-bond acceptors (Lipinski definition) is 5. The first kappa shape index (κ1) is 19.8. The highest BCUT2D eigenvalue weighted by molar-refractivity contribution is 5.95. The number of carbonyl (C=O) groups excluding carboxylic acids is 2. The van der Waals surface area contributed by atoms with E-state index in [1.54, 1.807) is 36.3 Å². The van der Waals surface area contributed by atoms with Crippen LogP contribution in [0, 0.1) is 0 Å². The molecular weight excluding hydrogens is 382 g/mol. The van der Waals surface area contributed by atoms with E-state index >= 15 is 0 Å². The van der Waals surface area contributed by atoms with E-state index in [-0.39, 0.29) is 18.3 Å². The lowest BCUT2D eigenvalue weighted by molar-refractivity contribution is -0.134. The molecule has 6 nitrogen and oxygen atoms in total. The van der Waals surface area contributed by atoms with Crippen molar-refractivity contribution in [2.24, 2.45) is 0 Å². The second kappa shape index (κ2) is 8.86. The smallest absolute Gasteiger partial charge is 0.311 e. The number of anilines is 1. The quantitative estimate of drug-likeness (QED) is 0.424. The van der Waals surface area contributed by atoms with E-state index in [1.807, 2.05) is 36.4 Å². The number of carbonyl (C=O) groups is 2. The van der Waals surface area contributed by atoms with E-state index in [2.05, 4.69) is 0 Å². The highest BCUT2D eigenvalue weighted by Gasteiger charge is 2.21. The predicted molar refractivity (Wildman–Crippen MR) is 113 cm³/mol. The van der Waals surface area contributed by atoms with Gasteiger partial charge < -0.3 is 18.8 Å². The number of ether oxygens (including phenoxy) is 2. The number of methoxy groups -OCH3 is 1. The summed E-state index contributed by atoms with van der Waals surface area (Å²) in [6.07, 6.45) is 2.13. The Balaban J connectivity index is 1.29. The molecule has 1 aromatic heterocycles. The van der Waals surface area contributed by atoms with Gasteiger partial charge in [0, 0.05) is 30.6 Å². The number of furan rings is 1. The normalized spacial score (nSPS) is 13.5. The van der Waals surface area contributed by atoms with E-state index in [0.29, 0.717) is 18.6 Å². The second-order valence-electron chi connectivity index (χ2n) is 7.11. The van der Waals surface area contributed by atoms with Gasteiger partial charge in [0.25, 0.3) is 0 Å². The number of nitrogens with zero attached hydrogens (tertiary/aromatic N) is 1. The number of rotatable bonds is 7. The van der Waals surface area contributed by atoms with Crippen molar-refractivity contribution in [1.82, 2.24) is 0 Å². The molecule has 2 heterocycles. The molecule has 0 bridgehead atoms. The van der Waals surface area contributed by atoms with E-state index in [0.717, 1.165) is 41.5 Å². The maximum absolute atomic E-state index is 12.2. The molecule has 6 heteroatoms. The first-order chi connectivity index (χ1) is 14.6. The van der Waals surface area contributed by atoms with Gasteiger partial charge in [-0.3, -0.25) is 9.59 Å². The molecule has 1 aliphatic heterocycles. The summed E-state index contributed by atoms with van der Waals surface area (Å²) >= 11 is 0. The average molecular weight is 405 g/mol. The zero-order valence-electron chi connectivity index (χ0n) is 16.8. The van der Waals surface area contributed by atoms with Crippen molar-refractivity contribution < 1.29 is 23.5 Å². The Morgan fingerprint density at radius 1 is 1.00 bits per heavy atom. The van der Waals surface area contributed by atoms with Crippen LogP contribution in [-0.4, -0.2) is 25.5 Å². The highest BCUT2D eigenvalue weighted by atomic mass is 16.5. The molecule has 154 valence electrons. The highest BCUT2D eigenvalue weighted by Crippen LogP contribution is 2.26. The minimum Gasteiger partial charge on any atom is -0.497 e. The number of aryl methyl sites for hydroxylation is 1. The van der Waals surface area contributed by atoms with Crippen LogP contribution >= 0.6 is 0 Å². The SMILES string of the molecule is COc1ccc(-c2ccc(CCC(=O)Oc3ccc(N4CCCC4=O)cc3)o2)cc1. The van der Waals surface area contributed by atoms with Gasteiger partial charge in [0.05, 0.1) is 13.5 Å². The summed E-state index contributed by atoms with van der Waals surface area (Å²) < 4.78 is 16.4. The Bertz CT molecular complexity index is 1020. The third-order valence-corrected chi connectivity index (χ3v) is 5.07. The molecule has 0 unspecified atom stereocenters. The fourth-order valence-corrected chi connectivity index (χ4v) is 3.45. The van der Waals surface area contributed by atoms with Crippen molar-refractivity contribution in [3.63, 3.8) is 0 Å². The van der Waals surface area contributed by atoms with E-state index in [9.17, 15) is 9.59 Å². The standard InChI is InChI=1S/C24H23NO5/c1-28-19-8-4-17(5-9-19)22-14-12-20(29-22)13-15-24(27)30-21-10-6-18(7-11-21)25-16-2-3-23(25)26/h4-12,14H,2-3,13,15-16H2,1H3. The summed E-state index contributed by atoms with van der Waals surface area (Å²) in [5.74, 6) is 2.52. The number of hydrogen-bond donors (Lipinski definition) is 0. The molecule has 3 aromatic rings. The zero-order valence-corrected chi connectivity index (χ0v) is 16.8. The van der Waals surface area contributed by atoms with Crippen molar-refractivity contribution in [3.8, 4) is 22.8 Å². The maximum atomic E-state index is 12.2. The molecule has 30 heavy (non-hydrogen) atoms. The van der Waals surface area contributed by atoms with Crippen LogP contribution in [0.5, 0.6) is 11.5 Å². The summed E-state index contributed by atoms with van der Waals surface area (Å²) in [6, 6.07) is 18.4. The largest absolute Gasteiger partial charge is 0.497 e. The monoisotopic (exact) mass is 405 g/mol. The lowest BCUT2D eigenvalue weighted by Gasteiger charge is -2.15. The van der Waals surface area contributed by atoms with Crippen LogP contribution in [0.3, 0.4) is 0 Å². The van der Waals surface area contributed by atoms with Gasteiger partial charge in [-0.05, 0) is 67.1 Å². The Morgan fingerprint density at radius 3 is 2.40 bits per heavy atom. The Labute approximate surface area is 175 Å². The van der Waals surface area contributed by atoms with Gasteiger partial charge in [-0.1, -0.05) is 0 Å². The lowest BCUT2D eigenvalue weighted by Crippen LogP contribution is -2.23. The van der Waals surface area contributed by atoms with Crippen LogP contribution in [0.4, 0.5) is 5.69 Å². The van der Waals surface area contributed by atoms with Crippen LogP contribution < -0.4 is 14.4 Å². The van der Waals surface area contributed by atoms with Gasteiger partial charge in [0.1, 0.15) is 23.0 Å². The summed E-state index contributed by atoms with van der Waals surface area (Å²) in [5.41, 5.74) is 1.78. The Kier molecular flexibility index (Phi) is 5.84. The first-order valence-electron chi connectivity index (χ1n) is 9.96. The van der Waals surface area contributed by atoms with Gasteiger partial charge in [0.2, 0.25) is 5.91 Å². The molecule has 0 radical (unpaired) electrons. The molecule has 0 saturated carbocycles. The molecular formula is C24H23NO5. The fourth-order valence-electron chi connectivity index (χ4n) is 3.45. The third-order valence-electron chi connectivity index (χ3n) is 5.07.